The van der Waals surface area contributed by atoms with E-state index in [-0.39, 0.29) is 17.5 Å². The number of hydrogen-bond acceptors (Lipinski definition) is 6. The second-order valence-corrected chi connectivity index (χ2v) is 4.47. The summed E-state index contributed by atoms with van der Waals surface area (Å²) in [5, 5.41) is 17.7. The highest BCUT2D eigenvalue weighted by atomic mass is 19.1. The third-order valence-corrected chi connectivity index (χ3v) is 2.52. The Balaban J connectivity index is 2.30. The van der Waals surface area contributed by atoms with Crippen molar-refractivity contribution in [2.75, 3.05) is 0 Å². The van der Waals surface area contributed by atoms with Gasteiger partial charge in [0.2, 0.25) is 0 Å². The number of benzene rings is 1. The normalized spacial score (nSPS) is 11.0. The van der Waals surface area contributed by atoms with Gasteiger partial charge >= 0.3 is 0 Å². The molecule has 8 heteroatoms. The minimum absolute atomic E-state index is 0.00254. The van der Waals surface area contributed by atoms with Gasteiger partial charge in [-0.05, 0) is 12.1 Å². The Kier molecular flexibility index (Phi) is 4.04. The zero-order valence-corrected chi connectivity index (χ0v) is 11.0. The monoisotopic (exact) mass is 280 g/mol. The first-order valence-electron chi connectivity index (χ1n) is 5.97. The molecule has 0 aliphatic carbocycles. The van der Waals surface area contributed by atoms with Gasteiger partial charge in [-0.2, -0.15) is 4.98 Å². The predicted octanol–water partition coefficient (Wildman–Crippen LogP) is 2.28. The van der Waals surface area contributed by atoms with Crippen molar-refractivity contribution in [2.24, 2.45) is 0 Å². The Morgan fingerprint density at radius 1 is 1.50 bits per heavy atom. The molecular weight excluding hydrogens is 267 g/mol. The average molecular weight is 280 g/mol. The molecule has 1 N–H and O–H groups in total. The molecule has 2 rings (SSSR count). The van der Waals surface area contributed by atoms with Crippen LogP contribution in [0.1, 0.15) is 19.7 Å². The van der Waals surface area contributed by atoms with E-state index >= 15 is 0 Å². The van der Waals surface area contributed by atoms with Gasteiger partial charge in [-0.3, -0.25) is 10.1 Å². The standard InChI is InChI=1S/C12H13FN4O3/c1-7(2)14-6-11-15-12(20-16-11)9-4-3-8(13)5-10(9)17(18)19/h3-5,7,14H,6H2,1-2H3. The summed E-state index contributed by atoms with van der Waals surface area (Å²) in [5.41, 5.74) is -0.309. The molecule has 0 aliphatic rings. The Morgan fingerprint density at radius 2 is 2.25 bits per heavy atom. The van der Waals surface area contributed by atoms with Gasteiger partial charge in [0, 0.05) is 6.04 Å². The van der Waals surface area contributed by atoms with Crippen molar-refractivity contribution in [1.82, 2.24) is 15.5 Å². The van der Waals surface area contributed by atoms with E-state index in [1.165, 1.54) is 6.07 Å². The first-order chi connectivity index (χ1) is 9.47. The maximum absolute atomic E-state index is 13.1. The highest BCUT2D eigenvalue weighted by Crippen LogP contribution is 2.29. The van der Waals surface area contributed by atoms with Crippen LogP contribution in [-0.4, -0.2) is 21.1 Å². The zero-order valence-electron chi connectivity index (χ0n) is 11.0. The third-order valence-electron chi connectivity index (χ3n) is 2.52. The molecule has 0 saturated carbocycles. The van der Waals surface area contributed by atoms with Gasteiger partial charge in [-0.15, -0.1) is 0 Å². The van der Waals surface area contributed by atoms with Crippen LogP contribution >= 0.6 is 0 Å². The van der Waals surface area contributed by atoms with Gasteiger partial charge in [0.05, 0.1) is 17.5 Å². The largest absolute Gasteiger partial charge is 0.334 e. The van der Waals surface area contributed by atoms with Crippen molar-refractivity contribution in [1.29, 1.82) is 0 Å². The lowest BCUT2D eigenvalue weighted by Crippen LogP contribution is -2.22. The summed E-state index contributed by atoms with van der Waals surface area (Å²) in [6.45, 7) is 4.31. The highest BCUT2D eigenvalue weighted by Gasteiger charge is 2.21. The van der Waals surface area contributed by atoms with Gasteiger partial charge in [0.15, 0.2) is 5.82 Å². The zero-order chi connectivity index (χ0) is 14.7. The van der Waals surface area contributed by atoms with Crippen molar-refractivity contribution >= 4 is 5.69 Å². The fourth-order valence-corrected chi connectivity index (χ4v) is 1.57. The first-order valence-corrected chi connectivity index (χ1v) is 5.97. The first kappa shape index (κ1) is 14.1. The Bertz CT molecular complexity index is 627. The van der Waals surface area contributed by atoms with Crippen LogP contribution in [0.15, 0.2) is 22.7 Å². The lowest BCUT2D eigenvalue weighted by Gasteiger charge is -2.03. The molecule has 1 heterocycles. The maximum atomic E-state index is 13.1. The lowest BCUT2D eigenvalue weighted by atomic mass is 10.2. The number of nitro groups is 1. The molecule has 0 saturated heterocycles. The summed E-state index contributed by atoms with van der Waals surface area (Å²) in [4.78, 5) is 14.3. The number of aromatic nitrogens is 2. The number of hydrogen-bond donors (Lipinski definition) is 1. The lowest BCUT2D eigenvalue weighted by molar-refractivity contribution is -0.384. The van der Waals surface area contributed by atoms with Crippen LogP contribution < -0.4 is 5.32 Å². The number of rotatable bonds is 5. The van der Waals surface area contributed by atoms with E-state index < -0.39 is 16.4 Å². The van der Waals surface area contributed by atoms with E-state index in [1.807, 2.05) is 13.8 Å². The summed E-state index contributed by atoms with van der Waals surface area (Å²) in [6, 6.07) is 3.43. The fourth-order valence-electron chi connectivity index (χ4n) is 1.57. The molecular formula is C12H13FN4O3. The second kappa shape index (κ2) is 5.74. The Hall–Kier alpha value is -2.35. The van der Waals surface area contributed by atoms with Crippen LogP contribution in [0.3, 0.4) is 0 Å². The number of nitrogens with zero attached hydrogens (tertiary/aromatic N) is 3. The molecule has 0 aliphatic heterocycles. The van der Waals surface area contributed by atoms with Crippen molar-refractivity contribution in [3.8, 4) is 11.5 Å². The predicted molar refractivity (Wildman–Crippen MR) is 68.3 cm³/mol. The van der Waals surface area contributed by atoms with Gasteiger partial charge < -0.3 is 9.84 Å². The van der Waals surface area contributed by atoms with Gasteiger partial charge in [0.25, 0.3) is 11.6 Å². The number of halogens is 1. The van der Waals surface area contributed by atoms with E-state index in [4.69, 9.17) is 4.52 Å². The second-order valence-electron chi connectivity index (χ2n) is 4.47. The van der Waals surface area contributed by atoms with E-state index in [0.29, 0.717) is 12.4 Å². The van der Waals surface area contributed by atoms with Crippen LogP contribution in [0.2, 0.25) is 0 Å². The van der Waals surface area contributed by atoms with Gasteiger partial charge in [-0.25, -0.2) is 4.39 Å². The molecule has 0 fully saturated rings. The third kappa shape index (κ3) is 3.15. The van der Waals surface area contributed by atoms with Crippen LogP contribution in [0, 0.1) is 15.9 Å². The molecule has 1 aromatic heterocycles. The smallest absolute Gasteiger partial charge is 0.285 e. The number of nitrogens with one attached hydrogen (secondary N) is 1. The summed E-state index contributed by atoms with van der Waals surface area (Å²) in [5.74, 6) is -0.314. The molecule has 0 radical (unpaired) electrons. The SMILES string of the molecule is CC(C)NCc1noc(-c2ccc(F)cc2[N+](=O)[O-])n1. The molecule has 7 nitrogen and oxygen atoms in total. The summed E-state index contributed by atoms with van der Waals surface area (Å²) in [7, 11) is 0. The van der Waals surface area contributed by atoms with E-state index in [2.05, 4.69) is 15.5 Å². The maximum Gasteiger partial charge on any atom is 0.285 e. The summed E-state index contributed by atoms with van der Waals surface area (Å²) >= 11 is 0. The molecule has 106 valence electrons. The topological polar surface area (TPSA) is 94.1 Å². The van der Waals surface area contributed by atoms with E-state index in [9.17, 15) is 14.5 Å². The highest BCUT2D eigenvalue weighted by molar-refractivity contribution is 5.66. The molecule has 0 bridgehead atoms. The van der Waals surface area contributed by atoms with Crippen molar-refractivity contribution in [3.63, 3.8) is 0 Å². The molecule has 2 aromatic rings. The van der Waals surface area contributed by atoms with Crippen LogP contribution in [-0.2, 0) is 6.54 Å². The van der Waals surface area contributed by atoms with Gasteiger partial charge in [-0.1, -0.05) is 19.0 Å². The minimum atomic E-state index is -0.693. The Labute approximate surface area is 114 Å². The number of nitro benzene ring substituents is 1. The fraction of sp³-hybridized carbons (Fsp3) is 0.333. The van der Waals surface area contributed by atoms with E-state index in [0.717, 1.165) is 12.1 Å². The van der Waals surface area contributed by atoms with E-state index in [1.54, 1.807) is 0 Å². The average Bonchev–Trinajstić information content (AvgIpc) is 2.84. The van der Waals surface area contributed by atoms with Crippen molar-refractivity contribution < 1.29 is 13.8 Å². The summed E-state index contributed by atoms with van der Waals surface area (Å²) < 4.78 is 18.0. The molecule has 0 unspecified atom stereocenters. The summed E-state index contributed by atoms with van der Waals surface area (Å²) in [6.07, 6.45) is 0. The molecule has 0 atom stereocenters. The quantitative estimate of drug-likeness (QED) is 0.667. The minimum Gasteiger partial charge on any atom is -0.334 e. The molecule has 0 spiro atoms. The Morgan fingerprint density at radius 3 is 2.90 bits per heavy atom. The van der Waals surface area contributed by atoms with Crippen LogP contribution in [0.4, 0.5) is 10.1 Å². The van der Waals surface area contributed by atoms with Crippen LogP contribution in [0.25, 0.3) is 11.5 Å². The molecule has 20 heavy (non-hydrogen) atoms. The van der Waals surface area contributed by atoms with Gasteiger partial charge in [0.1, 0.15) is 11.4 Å². The molecule has 0 amide bonds. The van der Waals surface area contributed by atoms with Crippen LogP contribution in [0.5, 0.6) is 0 Å². The molecule has 1 aromatic carbocycles. The van der Waals surface area contributed by atoms with Crippen molar-refractivity contribution in [3.05, 3.63) is 40.0 Å². The van der Waals surface area contributed by atoms with Crippen molar-refractivity contribution in [2.45, 2.75) is 26.4 Å².